The van der Waals surface area contributed by atoms with E-state index in [1.165, 1.54) is 30.1 Å². The molecule has 1 aliphatic heterocycles. The fourth-order valence-electron chi connectivity index (χ4n) is 4.88. The Balaban J connectivity index is 1.35. The first-order valence-electron chi connectivity index (χ1n) is 12.1. The molecule has 4 rings (SSSR count). The van der Waals surface area contributed by atoms with Crippen LogP contribution in [0.5, 0.6) is 5.75 Å². The van der Waals surface area contributed by atoms with E-state index in [-0.39, 0.29) is 29.9 Å². The quantitative estimate of drug-likeness (QED) is 0.286. The molecule has 0 aliphatic carbocycles. The topological polar surface area (TPSA) is 92.6 Å². The Morgan fingerprint density at radius 2 is 2.00 bits per heavy atom. The summed E-state index contributed by atoms with van der Waals surface area (Å²) in [6.45, 7) is 2.30. The third-order valence-corrected chi connectivity index (χ3v) is 7.66. The van der Waals surface area contributed by atoms with E-state index in [4.69, 9.17) is 4.74 Å². The monoisotopic (exact) mass is 511 g/mol. The van der Waals surface area contributed by atoms with E-state index in [1.807, 2.05) is 18.2 Å². The summed E-state index contributed by atoms with van der Waals surface area (Å²) in [5.41, 5.74) is 1.36. The molecule has 0 unspecified atom stereocenters. The number of carbonyl (C=O) groups excluding carboxylic acids is 1. The van der Waals surface area contributed by atoms with Gasteiger partial charge in [-0.15, -0.1) is 11.8 Å². The number of carboxylic acids is 1. The lowest BCUT2D eigenvalue weighted by Crippen LogP contribution is -2.42. The molecule has 9 heteroatoms. The van der Waals surface area contributed by atoms with Gasteiger partial charge in [0, 0.05) is 61.1 Å². The van der Waals surface area contributed by atoms with Gasteiger partial charge in [-0.05, 0) is 61.6 Å². The molecule has 0 radical (unpaired) electrons. The number of hydrogen-bond donors (Lipinski definition) is 1. The smallest absolute Gasteiger partial charge is 0.303 e. The zero-order chi connectivity index (χ0) is 25.5. The number of halogens is 1. The predicted molar refractivity (Wildman–Crippen MR) is 137 cm³/mol. The number of piperidine rings is 1. The maximum Gasteiger partial charge on any atom is 0.303 e. The molecule has 0 amide bonds. The van der Waals surface area contributed by atoms with Crippen LogP contribution in [-0.2, 0) is 4.79 Å². The van der Waals surface area contributed by atoms with Crippen LogP contribution >= 0.6 is 11.8 Å². The van der Waals surface area contributed by atoms with Crippen LogP contribution in [0.25, 0.3) is 10.9 Å². The van der Waals surface area contributed by atoms with Gasteiger partial charge < -0.3 is 14.7 Å². The van der Waals surface area contributed by atoms with Crippen LogP contribution in [0.15, 0.2) is 53.8 Å². The number of aromatic nitrogens is 2. The second kappa shape index (κ2) is 12.3. The third-order valence-electron chi connectivity index (χ3n) is 6.76. The lowest BCUT2D eigenvalue weighted by atomic mass is 9.79. The molecular weight excluding hydrogens is 481 g/mol. The predicted octanol–water partition coefficient (Wildman–Crippen LogP) is 4.95. The van der Waals surface area contributed by atoms with Crippen molar-refractivity contribution >= 4 is 34.4 Å². The van der Waals surface area contributed by atoms with Crippen molar-refractivity contribution in [3.63, 3.8) is 0 Å². The van der Waals surface area contributed by atoms with Gasteiger partial charge in [0.15, 0.2) is 5.78 Å². The van der Waals surface area contributed by atoms with Crippen LogP contribution in [0.3, 0.4) is 0 Å². The van der Waals surface area contributed by atoms with Crippen molar-refractivity contribution in [3.05, 3.63) is 60.2 Å². The molecule has 2 aromatic heterocycles. The molecule has 0 spiro atoms. The van der Waals surface area contributed by atoms with Gasteiger partial charge >= 0.3 is 5.97 Å². The maximum atomic E-state index is 13.4. The fraction of sp³-hybridized carbons (Fsp3) is 0.407. The Morgan fingerprint density at radius 3 is 2.78 bits per heavy atom. The fourth-order valence-corrected chi connectivity index (χ4v) is 5.77. The van der Waals surface area contributed by atoms with Crippen molar-refractivity contribution in [1.82, 2.24) is 14.9 Å². The third kappa shape index (κ3) is 6.79. The van der Waals surface area contributed by atoms with Crippen LogP contribution in [-0.4, -0.2) is 64.2 Å². The van der Waals surface area contributed by atoms with Crippen molar-refractivity contribution in [1.29, 1.82) is 0 Å². The number of benzene rings is 1. The molecule has 1 saturated heterocycles. The van der Waals surface area contributed by atoms with E-state index in [0.29, 0.717) is 35.7 Å². The number of rotatable bonds is 11. The summed E-state index contributed by atoms with van der Waals surface area (Å²) in [7, 11) is 1.59. The lowest BCUT2D eigenvalue weighted by molar-refractivity contribution is -0.139. The Labute approximate surface area is 214 Å². The van der Waals surface area contributed by atoms with E-state index in [0.717, 1.165) is 36.2 Å². The van der Waals surface area contributed by atoms with Gasteiger partial charge in [-0.25, -0.2) is 9.37 Å². The summed E-state index contributed by atoms with van der Waals surface area (Å²) in [6, 6.07) is 9.98. The van der Waals surface area contributed by atoms with E-state index in [9.17, 15) is 19.1 Å². The van der Waals surface area contributed by atoms with Crippen molar-refractivity contribution in [3.8, 4) is 5.75 Å². The van der Waals surface area contributed by atoms with Crippen LogP contribution in [0.2, 0.25) is 0 Å². The number of Topliss-reactive ketones (excluding diaryl/α,β-unsaturated/α-hetero) is 1. The molecule has 1 fully saturated rings. The van der Waals surface area contributed by atoms with Crippen LogP contribution in [0.1, 0.15) is 36.0 Å². The summed E-state index contributed by atoms with van der Waals surface area (Å²) in [4.78, 5) is 35.5. The first-order valence-corrected chi connectivity index (χ1v) is 13.1. The van der Waals surface area contributed by atoms with Crippen LogP contribution < -0.4 is 4.74 Å². The van der Waals surface area contributed by atoms with Gasteiger partial charge in [0.25, 0.3) is 0 Å². The minimum atomic E-state index is -0.816. The molecule has 1 aromatic carbocycles. The number of aliphatic carboxylic acids is 1. The standard InChI is InChI=1S/C27H30FN3O4S/c1-35-21-3-4-24-23(16-21)22(7-10-29-24)25(32)5-2-18-8-11-31(17-19(18)14-27(33)34)12-13-36-26-15-20(28)6-9-30-26/h3-4,6-7,9-10,15-16,18-19H,2,5,8,11-14,17H2,1H3,(H,33,34)/t18-,19-/m1/s1. The molecule has 3 aromatic rings. The molecule has 0 bridgehead atoms. The SMILES string of the molecule is COc1ccc2nccc(C(=O)CC[C@@H]3CCN(CCSc4cc(F)ccn4)C[C@H]3CC(=O)O)c2c1. The highest BCUT2D eigenvalue weighted by Crippen LogP contribution is 2.32. The van der Waals surface area contributed by atoms with Crippen molar-refractivity contribution in [2.45, 2.75) is 30.7 Å². The summed E-state index contributed by atoms with van der Waals surface area (Å²) in [5, 5.41) is 10.9. The number of carboxylic acid groups (broad SMARTS) is 1. The molecule has 1 aliphatic rings. The number of nitrogens with zero attached hydrogens (tertiary/aromatic N) is 3. The molecule has 0 saturated carbocycles. The second-order valence-corrected chi connectivity index (χ2v) is 10.2. The number of likely N-dealkylation sites (tertiary alicyclic amines) is 1. The average molecular weight is 512 g/mol. The average Bonchev–Trinajstić information content (AvgIpc) is 2.87. The zero-order valence-corrected chi connectivity index (χ0v) is 21.0. The summed E-state index contributed by atoms with van der Waals surface area (Å²) < 4.78 is 18.7. The van der Waals surface area contributed by atoms with Crippen LogP contribution in [0, 0.1) is 17.7 Å². The van der Waals surface area contributed by atoms with E-state index >= 15 is 0 Å². The number of ketones is 1. The van der Waals surface area contributed by atoms with Gasteiger partial charge in [0.05, 0.1) is 17.7 Å². The zero-order valence-electron chi connectivity index (χ0n) is 20.2. The van der Waals surface area contributed by atoms with E-state index < -0.39 is 5.97 Å². The number of methoxy groups -OCH3 is 1. The largest absolute Gasteiger partial charge is 0.497 e. The van der Waals surface area contributed by atoms with Gasteiger partial charge in [-0.2, -0.15) is 0 Å². The highest BCUT2D eigenvalue weighted by molar-refractivity contribution is 7.99. The first kappa shape index (κ1) is 26.0. The lowest BCUT2D eigenvalue weighted by Gasteiger charge is -2.38. The van der Waals surface area contributed by atoms with Crippen molar-refractivity contribution in [2.24, 2.45) is 11.8 Å². The normalized spacial score (nSPS) is 18.3. The number of carbonyl (C=O) groups is 2. The highest BCUT2D eigenvalue weighted by Gasteiger charge is 2.31. The van der Waals surface area contributed by atoms with E-state index in [1.54, 1.807) is 19.4 Å². The number of thioether (sulfide) groups is 1. The Hall–Kier alpha value is -3.04. The van der Waals surface area contributed by atoms with Gasteiger partial charge in [0.2, 0.25) is 0 Å². The molecule has 7 nitrogen and oxygen atoms in total. The van der Waals surface area contributed by atoms with Crippen LogP contribution in [0.4, 0.5) is 4.39 Å². The number of hydrogen-bond acceptors (Lipinski definition) is 7. The molecule has 2 atom stereocenters. The summed E-state index contributed by atoms with van der Waals surface area (Å²) in [5.74, 6) is 0.484. The van der Waals surface area contributed by atoms with Crippen molar-refractivity contribution in [2.75, 3.05) is 32.5 Å². The molecule has 36 heavy (non-hydrogen) atoms. The molecule has 190 valence electrons. The molecular formula is C27H30FN3O4S. The second-order valence-electron chi connectivity index (χ2n) is 9.07. The summed E-state index contributed by atoms with van der Waals surface area (Å²) in [6.07, 6.45) is 5.05. The molecule has 1 N–H and O–H groups in total. The number of fused-ring (bicyclic) bond motifs is 1. The van der Waals surface area contributed by atoms with Crippen molar-refractivity contribution < 1.29 is 23.8 Å². The summed E-state index contributed by atoms with van der Waals surface area (Å²) >= 11 is 1.49. The van der Waals surface area contributed by atoms with Gasteiger partial charge in [0.1, 0.15) is 11.6 Å². The highest BCUT2D eigenvalue weighted by atomic mass is 32.2. The Morgan fingerprint density at radius 1 is 1.17 bits per heavy atom. The Bertz CT molecular complexity index is 1220. The number of pyridine rings is 2. The first-order chi connectivity index (χ1) is 17.4. The number of ether oxygens (including phenoxy) is 1. The van der Waals surface area contributed by atoms with Gasteiger partial charge in [-0.3, -0.25) is 14.6 Å². The minimum absolute atomic E-state index is 0.0179. The molecule has 3 heterocycles. The maximum absolute atomic E-state index is 13.4. The minimum Gasteiger partial charge on any atom is -0.497 e. The van der Waals surface area contributed by atoms with Gasteiger partial charge in [-0.1, -0.05) is 0 Å². The van der Waals surface area contributed by atoms with E-state index in [2.05, 4.69) is 14.9 Å². The Kier molecular flexibility index (Phi) is 8.88.